The van der Waals surface area contributed by atoms with Crippen molar-refractivity contribution in [3.05, 3.63) is 30.3 Å². The molecule has 1 saturated heterocycles. The first kappa shape index (κ1) is 13.6. The lowest BCUT2D eigenvalue weighted by molar-refractivity contribution is 0.0590. The molecule has 1 aromatic carbocycles. The Hall–Kier alpha value is -1.79. The number of amides is 2. The fourth-order valence-corrected chi connectivity index (χ4v) is 1.89. The molecule has 2 amide bonds. The number of ether oxygens (including phenoxy) is 2. The summed E-state index contributed by atoms with van der Waals surface area (Å²) in [6.07, 6.45) is 0. The van der Waals surface area contributed by atoms with Crippen molar-refractivity contribution in [2.24, 2.45) is 0 Å². The van der Waals surface area contributed by atoms with E-state index in [-0.39, 0.29) is 12.1 Å². The molecule has 2 N–H and O–H groups in total. The molecule has 0 saturated carbocycles. The van der Waals surface area contributed by atoms with Crippen molar-refractivity contribution in [1.82, 2.24) is 10.7 Å². The minimum absolute atomic E-state index is 0.0363. The molecule has 0 aromatic heterocycles. The third kappa shape index (κ3) is 4.11. The lowest BCUT2D eigenvalue weighted by Crippen LogP contribution is -2.62. The van der Waals surface area contributed by atoms with Gasteiger partial charge in [-0.25, -0.2) is 10.2 Å². The Balaban J connectivity index is 1.87. The maximum absolute atomic E-state index is 11.6. The van der Waals surface area contributed by atoms with Gasteiger partial charge in [-0.05, 0) is 12.1 Å². The number of hydrazine groups is 1. The first-order chi connectivity index (χ1) is 9.29. The molecule has 2 rings (SSSR count). The highest BCUT2D eigenvalue weighted by atomic mass is 16.5. The fraction of sp³-hybridized carbons (Fsp3) is 0.462. The van der Waals surface area contributed by atoms with Gasteiger partial charge in [0, 0.05) is 7.11 Å². The van der Waals surface area contributed by atoms with Crippen LogP contribution >= 0.6 is 0 Å². The molecule has 1 fully saturated rings. The summed E-state index contributed by atoms with van der Waals surface area (Å²) >= 11 is 0. The second-order valence-corrected chi connectivity index (χ2v) is 4.30. The van der Waals surface area contributed by atoms with Gasteiger partial charge in [-0.15, -0.1) is 0 Å². The first-order valence-corrected chi connectivity index (χ1v) is 6.26. The number of carbonyl (C=O) groups excluding carboxylic acids is 1. The van der Waals surface area contributed by atoms with Gasteiger partial charge in [0.15, 0.2) is 0 Å². The largest absolute Gasteiger partial charge is 0.382 e. The van der Waals surface area contributed by atoms with Gasteiger partial charge in [-0.1, -0.05) is 18.2 Å². The molecule has 1 atom stereocenters. The normalized spacial score (nSPS) is 18.9. The smallest absolute Gasteiger partial charge is 0.333 e. The van der Waals surface area contributed by atoms with Crippen LogP contribution in [-0.4, -0.2) is 45.5 Å². The van der Waals surface area contributed by atoms with Crippen LogP contribution in [0, 0.1) is 0 Å². The van der Waals surface area contributed by atoms with E-state index in [0.29, 0.717) is 26.4 Å². The summed E-state index contributed by atoms with van der Waals surface area (Å²) in [5.41, 5.74) is 3.72. The lowest BCUT2D eigenvalue weighted by Gasteiger charge is -2.35. The van der Waals surface area contributed by atoms with Crippen LogP contribution in [0.2, 0.25) is 0 Å². The van der Waals surface area contributed by atoms with E-state index >= 15 is 0 Å². The third-order valence-electron chi connectivity index (χ3n) is 2.79. The number of urea groups is 1. The number of carbonyl (C=O) groups is 1. The summed E-state index contributed by atoms with van der Waals surface area (Å²) in [7, 11) is 1.63. The highest BCUT2D eigenvalue weighted by Gasteiger charge is 2.24. The van der Waals surface area contributed by atoms with E-state index in [1.54, 1.807) is 7.11 Å². The van der Waals surface area contributed by atoms with Crippen LogP contribution in [0.5, 0.6) is 0 Å². The predicted octanol–water partition coefficient (Wildman–Crippen LogP) is 0.752. The van der Waals surface area contributed by atoms with Gasteiger partial charge < -0.3 is 14.8 Å². The number of methoxy groups -OCH3 is 1. The van der Waals surface area contributed by atoms with Crippen LogP contribution in [-0.2, 0) is 9.47 Å². The number of hydrogen-bond acceptors (Lipinski definition) is 4. The number of nitrogens with zero attached hydrogens (tertiary/aromatic N) is 1. The number of rotatable bonds is 6. The molecule has 6 nitrogen and oxygen atoms in total. The predicted molar refractivity (Wildman–Crippen MR) is 71.9 cm³/mol. The minimum atomic E-state index is -0.213. The van der Waals surface area contributed by atoms with Crippen molar-refractivity contribution in [2.75, 3.05) is 38.5 Å². The molecule has 19 heavy (non-hydrogen) atoms. The molecule has 1 aliphatic heterocycles. The third-order valence-corrected chi connectivity index (χ3v) is 2.79. The summed E-state index contributed by atoms with van der Waals surface area (Å²) in [4.78, 5) is 11.6. The van der Waals surface area contributed by atoms with Gasteiger partial charge in [0.05, 0.1) is 38.1 Å². The summed E-state index contributed by atoms with van der Waals surface area (Å²) in [6.45, 7) is 2.21. The van der Waals surface area contributed by atoms with Gasteiger partial charge in [-0.2, -0.15) is 0 Å². The average molecular weight is 265 g/mol. The maximum Gasteiger partial charge on any atom is 0.333 e. The van der Waals surface area contributed by atoms with Crippen molar-refractivity contribution >= 4 is 11.7 Å². The molecule has 1 aliphatic rings. The lowest BCUT2D eigenvalue weighted by atomic mass is 10.2. The van der Waals surface area contributed by atoms with E-state index in [1.165, 1.54) is 0 Å². The quantitative estimate of drug-likeness (QED) is 0.745. The zero-order valence-electron chi connectivity index (χ0n) is 11.0. The van der Waals surface area contributed by atoms with Crippen LogP contribution in [0.3, 0.4) is 0 Å². The molecule has 0 spiro atoms. The summed E-state index contributed by atoms with van der Waals surface area (Å²) in [5.74, 6) is 0. The zero-order chi connectivity index (χ0) is 13.5. The summed E-state index contributed by atoms with van der Waals surface area (Å²) in [6, 6.07) is 9.48. The van der Waals surface area contributed by atoms with Crippen LogP contribution < -0.4 is 15.8 Å². The molecular formula is C13H19N3O3. The fourth-order valence-electron chi connectivity index (χ4n) is 1.89. The average Bonchev–Trinajstić information content (AvgIpc) is 2.44. The monoisotopic (exact) mass is 265 g/mol. The van der Waals surface area contributed by atoms with Gasteiger partial charge in [0.2, 0.25) is 0 Å². The highest BCUT2D eigenvalue weighted by molar-refractivity contribution is 5.77. The number of nitrogens with one attached hydrogen (secondary N) is 2. The number of benzene rings is 1. The van der Waals surface area contributed by atoms with Gasteiger partial charge in [0.1, 0.15) is 0 Å². The van der Waals surface area contributed by atoms with Gasteiger partial charge in [0.25, 0.3) is 0 Å². The number of anilines is 1. The minimum Gasteiger partial charge on any atom is -0.382 e. The van der Waals surface area contributed by atoms with Crippen molar-refractivity contribution < 1.29 is 14.3 Å². The standard InChI is InChI=1S/C13H19N3O3/c1-18-7-8-19-10-11-9-16(15-13(17)14-11)12-5-3-2-4-6-12/h2-6,11H,7-10H2,1H3,(H2,14,15,17)/t11-/m1/s1. The molecule has 6 heteroatoms. The van der Waals surface area contributed by atoms with Crippen molar-refractivity contribution in [1.29, 1.82) is 0 Å². The molecule has 0 unspecified atom stereocenters. The van der Waals surface area contributed by atoms with Gasteiger partial charge in [-0.3, -0.25) is 5.01 Å². The van der Waals surface area contributed by atoms with Crippen molar-refractivity contribution in [3.63, 3.8) is 0 Å². The molecule has 0 bridgehead atoms. The number of para-hydroxylation sites is 1. The van der Waals surface area contributed by atoms with E-state index in [9.17, 15) is 4.79 Å². The highest BCUT2D eigenvalue weighted by Crippen LogP contribution is 2.13. The van der Waals surface area contributed by atoms with E-state index in [0.717, 1.165) is 5.69 Å². The van der Waals surface area contributed by atoms with Crippen LogP contribution in [0.15, 0.2) is 30.3 Å². The Labute approximate surface area is 112 Å². The Kier molecular flexibility index (Phi) is 5.00. The van der Waals surface area contributed by atoms with Gasteiger partial charge >= 0.3 is 6.03 Å². The van der Waals surface area contributed by atoms with E-state index in [2.05, 4.69) is 10.7 Å². The Morgan fingerprint density at radius 3 is 2.84 bits per heavy atom. The SMILES string of the molecule is COCCOC[C@H]1CN(c2ccccc2)NC(=O)N1. The summed E-state index contributed by atoms with van der Waals surface area (Å²) in [5, 5.41) is 4.66. The second kappa shape index (κ2) is 6.96. The van der Waals surface area contributed by atoms with Crippen LogP contribution in [0.1, 0.15) is 0 Å². The molecule has 1 aromatic rings. The maximum atomic E-state index is 11.6. The van der Waals surface area contributed by atoms with E-state index in [1.807, 2.05) is 35.3 Å². The number of hydrogen-bond donors (Lipinski definition) is 2. The van der Waals surface area contributed by atoms with E-state index in [4.69, 9.17) is 9.47 Å². The van der Waals surface area contributed by atoms with Crippen molar-refractivity contribution in [3.8, 4) is 0 Å². The van der Waals surface area contributed by atoms with Crippen LogP contribution in [0.4, 0.5) is 10.5 Å². The Morgan fingerprint density at radius 2 is 2.11 bits per heavy atom. The molecule has 0 aliphatic carbocycles. The first-order valence-electron chi connectivity index (χ1n) is 6.26. The topological polar surface area (TPSA) is 62.8 Å². The Bertz CT molecular complexity index is 399. The Morgan fingerprint density at radius 1 is 1.32 bits per heavy atom. The molecule has 1 heterocycles. The molecule has 0 radical (unpaired) electrons. The van der Waals surface area contributed by atoms with Crippen LogP contribution in [0.25, 0.3) is 0 Å². The van der Waals surface area contributed by atoms with E-state index < -0.39 is 0 Å². The summed E-state index contributed by atoms with van der Waals surface area (Å²) < 4.78 is 10.4. The zero-order valence-corrected chi connectivity index (χ0v) is 11.0. The molecule has 104 valence electrons. The van der Waals surface area contributed by atoms with Crippen molar-refractivity contribution in [2.45, 2.75) is 6.04 Å². The second-order valence-electron chi connectivity index (χ2n) is 4.30. The molecular weight excluding hydrogens is 246 g/mol.